The van der Waals surface area contributed by atoms with Crippen LogP contribution in [0.1, 0.15) is 37.7 Å². The van der Waals surface area contributed by atoms with Crippen LogP contribution in [0, 0.1) is 5.82 Å². The van der Waals surface area contributed by atoms with Crippen LogP contribution >= 0.6 is 11.6 Å². The second-order valence-corrected chi connectivity index (χ2v) is 4.95. The first kappa shape index (κ1) is 12.6. The normalized spacial score (nSPS) is 18.9. The second kappa shape index (κ2) is 5.18. The second-order valence-electron chi connectivity index (χ2n) is 4.68. The fourth-order valence-corrected chi connectivity index (χ4v) is 3.09. The highest BCUT2D eigenvalue weighted by Gasteiger charge is 2.41. The van der Waals surface area contributed by atoms with Gasteiger partial charge in [0.05, 0.1) is 11.3 Å². The van der Waals surface area contributed by atoms with Crippen LogP contribution in [0.15, 0.2) is 24.3 Å². The van der Waals surface area contributed by atoms with Gasteiger partial charge in [0.15, 0.2) is 5.78 Å². The van der Waals surface area contributed by atoms with Crippen molar-refractivity contribution in [2.24, 2.45) is 0 Å². The summed E-state index contributed by atoms with van der Waals surface area (Å²) in [6.07, 6.45) is 4.50. The van der Waals surface area contributed by atoms with E-state index >= 15 is 0 Å². The third kappa shape index (κ3) is 2.23. The summed E-state index contributed by atoms with van der Waals surface area (Å²) in [5, 5.41) is 0. The number of hydrogen-bond donors (Lipinski definition) is 0. The molecule has 0 unspecified atom stereocenters. The molecule has 0 amide bonds. The molecule has 2 rings (SSSR count). The van der Waals surface area contributed by atoms with Crippen LogP contribution in [0.3, 0.4) is 0 Å². The maximum atomic E-state index is 13.9. The maximum Gasteiger partial charge on any atom is 0.158 e. The first-order chi connectivity index (χ1) is 8.20. The molecular formula is C14H16ClFO. The zero-order valence-electron chi connectivity index (χ0n) is 9.72. The van der Waals surface area contributed by atoms with E-state index in [-0.39, 0.29) is 17.5 Å². The molecule has 3 heteroatoms. The number of rotatable bonds is 3. The van der Waals surface area contributed by atoms with Gasteiger partial charge in [-0.3, -0.25) is 4.79 Å². The Hall–Kier alpha value is -0.890. The minimum absolute atomic E-state index is 0.0334. The van der Waals surface area contributed by atoms with Crippen molar-refractivity contribution in [2.45, 2.75) is 37.5 Å². The number of carbonyl (C=O) groups excluding carboxylic acids is 1. The summed E-state index contributed by atoms with van der Waals surface area (Å²) < 4.78 is 13.9. The van der Waals surface area contributed by atoms with E-state index in [9.17, 15) is 9.18 Å². The summed E-state index contributed by atoms with van der Waals surface area (Å²) in [6, 6.07) is 6.59. The van der Waals surface area contributed by atoms with Crippen LogP contribution in [-0.4, -0.2) is 11.7 Å². The van der Waals surface area contributed by atoms with E-state index < -0.39 is 5.41 Å². The number of Topliss-reactive ketones (excluding diaryl/α,β-unsaturated/α-hetero) is 1. The number of alkyl halides is 1. The van der Waals surface area contributed by atoms with Gasteiger partial charge in [-0.15, -0.1) is 11.6 Å². The lowest BCUT2D eigenvalue weighted by molar-refractivity contribution is -0.123. The van der Waals surface area contributed by atoms with Crippen LogP contribution < -0.4 is 0 Å². The minimum Gasteiger partial charge on any atom is -0.297 e. The van der Waals surface area contributed by atoms with Gasteiger partial charge in [-0.05, 0) is 18.9 Å². The molecule has 0 aliphatic heterocycles. The zero-order valence-corrected chi connectivity index (χ0v) is 10.5. The van der Waals surface area contributed by atoms with Gasteiger partial charge in [-0.25, -0.2) is 4.39 Å². The molecule has 0 atom stereocenters. The molecule has 1 fully saturated rings. The Bertz CT molecular complexity index is 410. The van der Waals surface area contributed by atoms with Crippen molar-refractivity contribution in [1.82, 2.24) is 0 Å². The molecule has 1 nitrogen and oxygen atoms in total. The first-order valence-electron chi connectivity index (χ1n) is 6.05. The molecule has 1 saturated carbocycles. The monoisotopic (exact) mass is 254 g/mol. The molecule has 1 aromatic carbocycles. The van der Waals surface area contributed by atoms with E-state index in [1.54, 1.807) is 18.2 Å². The summed E-state index contributed by atoms with van der Waals surface area (Å²) in [6.45, 7) is 0. The molecule has 0 spiro atoms. The van der Waals surface area contributed by atoms with Gasteiger partial charge in [-0.2, -0.15) is 0 Å². The van der Waals surface area contributed by atoms with Gasteiger partial charge in [0.25, 0.3) is 0 Å². The SMILES string of the molecule is O=C(CCl)C1(c2ccccc2F)CCCCC1. The third-order valence-corrected chi connectivity index (χ3v) is 3.99. The quantitative estimate of drug-likeness (QED) is 0.749. The lowest BCUT2D eigenvalue weighted by atomic mass is 9.67. The molecule has 0 saturated heterocycles. The van der Waals surface area contributed by atoms with Gasteiger partial charge in [0, 0.05) is 5.56 Å². The highest BCUT2D eigenvalue weighted by atomic mass is 35.5. The summed E-state index contributed by atoms with van der Waals surface area (Å²) in [5.41, 5.74) is -0.143. The molecule has 0 heterocycles. The summed E-state index contributed by atoms with van der Waals surface area (Å²) in [5.74, 6) is -0.356. The number of hydrogen-bond acceptors (Lipinski definition) is 1. The minimum atomic E-state index is -0.675. The Morgan fingerprint density at radius 1 is 1.24 bits per heavy atom. The van der Waals surface area contributed by atoms with E-state index in [4.69, 9.17) is 11.6 Å². The highest BCUT2D eigenvalue weighted by molar-refractivity contribution is 6.29. The predicted octanol–water partition coefficient (Wildman–Crippen LogP) is 3.84. The smallest absolute Gasteiger partial charge is 0.158 e. The van der Waals surface area contributed by atoms with E-state index in [0.717, 1.165) is 32.1 Å². The molecule has 17 heavy (non-hydrogen) atoms. The Morgan fingerprint density at radius 3 is 2.47 bits per heavy atom. The number of carbonyl (C=O) groups is 1. The molecule has 92 valence electrons. The Labute approximate surface area is 106 Å². The molecule has 1 aromatic rings. The van der Waals surface area contributed by atoms with Crippen LogP contribution in [0.5, 0.6) is 0 Å². The van der Waals surface area contributed by atoms with Crippen molar-refractivity contribution in [2.75, 3.05) is 5.88 Å². The molecule has 1 aliphatic carbocycles. The van der Waals surface area contributed by atoms with Gasteiger partial charge in [0.1, 0.15) is 5.82 Å². The van der Waals surface area contributed by atoms with Crippen LogP contribution in [0.25, 0.3) is 0 Å². The van der Waals surface area contributed by atoms with Gasteiger partial charge >= 0.3 is 0 Å². The van der Waals surface area contributed by atoms with E-state index in [2.05, 4.69) is 0 Å². The largest absolute Gasteiger partial charge is 0.297 e. The lowest BCUT2D eigenvalue weighted by Crippen LogP contribution is -2.39. The van der Waals surface area contributed by atoms with Gasteiger partial charge < -0.3 is 0 Å². The first-order valence-corrected chi connectivity index (χ1v) is 6.58. The molecule has 0 aromatic heterocycles. The predicted molar refractivity (Wildman–Crippen MR) is 66.9 cm³/mol. The van der Waals surface area contributed by atoms with Crippen molar-refractivity contribution >= 4 is 17.4 Å². The topological polar surface area (TPSA) is 17.1 Å². The van der Waals surface area contributed by atoms with E-state index in [0.29, 0.717) is 5.56 Å². The van der Waals surface area contributed by atoms with Crippen LogP contribution in [-0.2, 0) is 10.2 Å². The molecule has 1 aliphatic rings. The van der Waals surface area contributed by atoms with Gasteiger partial charge in [-0.1, -0.05) is 37.5 Å². The lowest BCUT2D eigenvalue weighted by Gasteiger charge is -2.36. The fourth-order valence-electron chi connectivity index (χ4n) is 2.83. The standard InChI is InChI=1S/C14H16ClFO/c15-10-13(17)14(8-4-1-5-9-14)11-6-2-3-7-12(11)16/h2-3,6-7H,1,4-5,8-10H2. The average molecular weight is 255 g/mol. The van der Waals surface area contributed by atoms with Crippen molar-refractivity contribution in [3.63, 3.8) is 0 Å². The molecule has 0 bridgehead atoms. The Morgan fingerprint density at radius 2 is 1.88 bits per heavy atom. The third-order valence-electron chi connectivity index (χ3n) is 3.75. The molecule has 0 radical (unpaired) electrons. The van der Waals surface area contributed by atoms with Crippen LogP contribution in [0.2, 0.25) is 0 Å². The summed E-state index contributed by atoms with van der Waals surface area (Å²) >= 11 is 5.71. The molecular weight excluding hydrogens is 239 g/mol. The van der Waals surface area contributed by atoms with Crippen molar-refractivity contribution < 1.29 is 9.18 Å². The summed E-state index contributed by atoms with van der Waals surface area (Å²) in [7, 11) is 0. The number of halogens is 2. The number of ketones is 1. The van der Waals surface area contributed by atoms with E-state index in [1.807, 2.05) is 0 Å². The molecule has 0 N–H and O–H groups in total. The van der Waals surface area contributed by atoms with Gasteiger partial charge in [0.2, 0.25) is 0 Å². The average Bonchev–Trinajstić information content (AvgIpc) is 2.39. The van der Waals surface area contributed by atoms with Crippen molar-refractivity contribution in [3.05, 3.63) is 35.6 Å². The maximum absolute atomic E-state index is 13.9. The Balaban J connectivity index is 2.46. The fraction of sp³-hybridized carbons (Fsp3) is 0.500. The zero-order chi connectivity index (χ0) is 12.3. The van der Waals surface area contributed by atoms with Crippen molar-refractivity contribution in [3.8, 4) is 0 Å². The number of benzene rings is 1. The Kier molecular flexibility index (Phi) is 3.82. The van der Waals surface area contributed by atoms with E-state index in [1.165, 1.54) is 6.07 Å². The van der Waals surface area contributed by atoms with Crippen LogP contribution in [0.4, 0.5) is 4.39 Å². The van der Waals surface area contributed by atoms with Crippen molar-refractivity contribution in [1.29, 1.82) is 0 Å². The summed E-state index contributed by atoms with van der Waals surface area (Å²) in [4.78, 5) is 12.1. The highest BCUT2D eigenvalue weighted by Crippen LogP contribution is 2.41.